The fraction of sp³-hybridized carbons (Fsp3) is 0.273. The Morgan fingerprint density at radius 2 is 1.68 bits per heavy atom. The van der Waals surface area contributed by atoms with Crippen molar-refractivity contribution < 1.29 is 19.0 Å². The molecule has 0 atom stereocenters. The molecule has 34 heavy (non-hydrogen) atoms. The molecule has 1 aliphatic heterocycles. The van der Waals surface area contributed by atoms with Crippen molar-refractivity contribution >= 4 is 87.3 Å². The third-order valence-corrected chi connectivity index (χ3v) is 7.41. The van der Waals surface area contributed by atoms with Gasteiger partial charge in [-0.15, -0.1) is 0 Å². The van der Waals surface area contributed by atoms with Crippen molar-refractivity contribution in [3.8, 4) is 11.5 Å². The molecule has 1 N–H and O–H groups in total. The first-order valence-electron chi connectivity index (χ1n) is 9.84. The van der Waals surface area contributed by atoms with Crippen molar-refractivity contribution in [1.29, 1.82) is 0 Å². The van der Waals surface area contributed by atoms with E-state index in [1.807, 2.05) is 0 Å². The van der Waals surface area contributed by atoms with E-state index in [1.54, 1.807) is 31.4 Å². The second-order valence-electron chi connectivity index (χ2n) is 7.05. The predicted octanol–water partition coefficient (Wildman–Crippen LogP) is 6.64. The molecule has 182 valence electrons. The molecule has 0 spiro atoms. The summed E-state index contributed by atoms with van der Waals surface area (Å²) in [4.78, 5) is 14.3. The molecule has 1 heterocycles. The molecule has 6 nitrogen and oxygen atoms in total. The Morgan fingerprint density at radius 1 is 1.03 bits per heavy atom. The van der Waals surface area contributed by atoms with Crippen LogP contribution in [0.2, 0.25) is 25.1 Å². The van der Waals surface area contributed by atoms with Crippen molar-refractivity contribution in [1.82, 2.24) is 10.2 Å². The van der Waals surface area contributed by atoms with Gasteiger partial charge < -0.3 is 19.5 Å². The molecule has 1 amide bonds. The molecule has 0 unspecified atom stereocenters. The van der Waals surface area contributed by atoms with Gasteiger partial charge in [0, 0.05) is 25.8 Å². The van der Waals surface area contributed by atoms with E-state index in [0.29, 0.717) is 41.7 Å². The Labute approximate surface area is 227 Å². The van der Waals surface area contributed by atoms with Crippen LogP contribution in [0.4, 0.5) is 0 Å². The lowest BCUT2D eigenvalue weighted by Crippen LogP contribution is -2.32. The van der Waals surface area contributed by atoms with Crippen molar-refractivity contribution in [2.75, 3.05) is 27.4 Å². The second kappa shape index (κ2) is 12.0. The fourth-order valence-corrected chi connectivity index (χ4v) is 4.69. The molecule has 1 aliphatic rings. The lowest BCUT2D eigenvalue weighted by atomic mass is 10.1. The normalized spacial score (nSPS) is 14.7. The second-order valence-corrected chi connectivity index (χ2v) is 9.33. The topological polar surface area (TPSA) is 60.0 Å². The summed E-state index contributed by atoms with van der Waals surface area (Å²) in [6, 6.07) is 5.36. The molecule has 1 saturated heterocycles. The molecule has 0 saturated carbocycles. The van der Waals surface area contributed by atoms with Gasteiger partial charge in [-0.1, -0.05) is 64.1 Å². The van der Waals surface area contributed by atoms with Gasteiger partial charge in [0.15, 0.2) is 10.9 Å². The van der Waals surface area contributed by atoms with Crippen LogP contribution in [-0.4, -0.2) is 43.3 Å². The van der Waals surface area contributed by atoms with Crippen molar-refractivity contribution in [2.45, 2.75) is 13.0 Å². The van der Waals surface area contributed by atoms with E-state index < -0.39 is 0 Å². The van der Waals surface area contributed by atoms with Crippen molar-refractivity contribution in [3.63, 3.8) is 0 Å². The van der Waals surface area contributed by atoms with E-state index in [4.69, 9.17) is 84.4 Å². The number of hydrogen-bond donors (Lipinski definition) is 1. The van der Waals surface area contributed by atoms with Crippen LogP contribution in [0.25, 0.3) is 6.08 Å². The number of rotatable bonds is 9. The molecule has 2 aromatic carbocycles. The molecule has 1 fully saturated rings. The number of carbonyl (C=O) groups excluding carboxylic acids is 1. The van der Waals surface area contributed by atoms with E-state index in [-0.39, 0.29) is 43.4 Å². The van der Waals surface area contributed by atoms with Gasteiger partial charge in [0.1, 0.15) is 28.1 Å². The van der Waals surface area contributed by atoms with E-state index in [0.717, 1.165) is 5.56 Å². The van der Waals surface area contributed by atoms with Gasteiger partial charge in [-0.25, -0.2) is 0 Å². The molecule has 2 aromatic rings. The number of amides is 1. The first-order chi connectivity index (χ1) is 16.2. The van der Waals surface area contributed by atoms with Crippen molar-refractivity contribution in [2.24, 2.45) is 0 Å². The highest BCUT2D eigenvalue weighted by Gasteiger charge is 2.30. The number of nitrogens with one attached hydrogen (secondary N) is 1. The van der Waals surface area contributed by atoms with Crippen LogP contribution in [0.15, 0.2) is 23.9 Å². The van der Waals surface area contributed by atoms with Crippen molar-refractivity contribution in [3.05, 3.63) is 60.1 Å². The summed E-state index contributed by atoms with van der Waals surface area (Å²) >= 11 is 36.1. The van der Waals surface area contributed by atoms with Gasteiger partial charge in [0.25, 0.3) is 5.91 Å². The third-order valence-electron chi connectivity index (χ3n) is 4.85. The van der Waals surface area contributed by atoms with Crippen LogP contribution in [0.5, 0.6) is 11.5 Å². The van der Waals surface area contributed by atoms with Crippen LogP contribution in [-0.2, 0) is 16.1 Å². The highest BCUT2D eigenvalue weighted by molar-refractivity contribution is 7.80. The summed E-state index contributed by atoms with van der Waals surface area (Å²) in [6.45, 7) is 1.02. The maximum absolute atomic E-state index is 12.8. The molecule has 12 heteroatoms. The summed E-state index contributed by atoms with van der Waals surface area (Å²) in [6.07, 6.45) is 2.37. The van der Waals surface area contributed by atoms with Crippen LogP contribution in [0, 0.1) is 0 Å². The molecule has 0 radical (unpaired) electrons. The third kappa shape index (κ3) is 5.85. The summed E-state index contributed by atoms with van der Waals surface area (Å²) in [5.74, 6) is 0.444. The van der Waals surface area contributed by atoms with E-state index >= 15 is 0 Å². The van der Waals surface area contributed by atoms with E-state index in [2.05, 4.69) is 5.32 Å². The Hall–Kier alpha value is -1.45. The summed E-state index contributed by atoms with van der Waals surface area (Å²) < 4.78 is 16.3. The number of nitrogens with zero attached hydrogens (tertiary/aromatic N) is 1. The number of ether oxygens (including phenoxy) is 3. The van der Waals surface area contributed by atoms with E-state index in [1.165, 1.54) is 12.0 Å². The zero-order chi connectivity index (χ0) is 25.0. The number of benzene rings is 2. The first-order valence-corrected chi connectivity index (χ1v) is 12.1. The maximum Gasteiger partial charge on any atom is 0.276 e. The molecular formula is C22H19Cl5N2O4S. The Kier molecular flexibility index (Phi) is 9.57. The molecule has 0 bridgehead atoms. The SMILES string of the molecule is COCCCN1C(=O)/C(=C\c2ccc(OC)c(COc3c(Cl)c(Cl)c(Cl)c(Cl)c3Cl)c2)NC1=S. The van der Waals surface area contributed by atoms with Gasteiger partial charge in [-0.3, -0.25) is 9.69 Å². The first kappa shape index (κ1) is 27.1. The number of thiocarbonyl (C=S) groups is 1. The highest BCUT2D eigenvalue weighted by atomic mass is 35.5. The smallest absolute Gasteiger partial charge is 0.276 e. The largest absolute Gasteiger partial charge is 0.496 e. The van der Waals surface area contributed by atoms with Gasteiger partial charge in [-0.2, -0.15) is 0 Å². The van der Waals surface area contributed by atoms with Gasteiger partial charge in [-0.05, 0) is 42.4 Å². The maximum atomic E-state index is 12.8. The minimum Gasteiger partial charge on any atom is -0.496 e. The van der Waals surface area contributed by atoms with Gasteiger partial charge in [0.05, 0.1) is 22.2 Å². The number of carbonyl (C=O) groups is 1. The molecular weight excluding hydrogens is 566 g/mol. The zero-order valence-electron chi connectivity index (χ0n) is 18.0. The van der Waals surface area contributed by atoms with Crippen LogP contribution < -0.4 is 14.8 Å². The Bertz CT molecular complexity index is 1130. The number of hydrogen-bond acceptors (Lipinski definition) is 5. The van der Waals surface area contributed by atoms with E-state index in [9.17, 15) is 4.79 Å². The molecule has 0 aromatic heterocycles. The zero-order valence-corrected chi connectivity index (χ0v) is 22.6. The predicted molar refractivity (Wildman–Crippen MR) is 141 cm³/mol. The average molecular weight is 585 g/mol. The fourth-order valence-electron chi connectivity index (χ4n) is 3.17. The monoisotopic (exact) mass is 582 g/mol. The number of methoxy groups -OCH3 is 2. The summed E-state index contributed by atoms with van der Waals surface area (Å²) in [5, 5.41) is 3.51. The van der Waals surface area contributed by atoms with Crippen LogP contribution in [0.3, 0.4) is 0 Å². The minimum absolute atomic E-state index is 0.0246. The molecule has 0 aliphatic carbocycles. The highest BCUT2D eigenvalue weighted by Crippen LogP contribution is 2.48. The Balaban J connectivity index is 1.84. The average Bonchev–Trinajstić information content (AvgIpc) is 3.09. The lowest BCUT2D eigenvalue weighted by Gasteiger charge is -2.15. The minimum atomic E-state index is -0.210. The Morgan fingerprint density at radius 3 is 2.29 bits per heavy atom. The lowest BCUT2D eigenvalue weighted by molar-refractivity contribution is -0.122. The van der Waals surface area contributed by atoms with Gasteiger partial charge >= 0.3 is 0 Å². The standard InChI is InChI=1S/C22H19Cl5N2O4S/c1-31-7-3-6-29-21(30)13(28-22(29)34)9-11-4-5-14(32-2)12(8-11)10-33-20-18(26)16(24)15(23)17(25)19(20)27/h4-5,8-9H,3,6-7,10H2,1-2H3,(H,28,34)/b13-9+. The summed E-state index contributed by atoms with van der Waals surface area (Å²) in [7, 11) is 3.14. The quantitative estimate of drug-likeness (QED) is 0.117. The van der Waals surface area contributed by atoms with Crippen LogP contribution in [0.1, 0.15) is 17.5 Å². The number of halogens is 5. The summed E-state index contributed by atoms with van der Waals surface area (Å²) in [5.41, 5.74) is 1.75. The molecule has 3 rings (SSSR count). The van der Waals surface area contributed by atoms with Crippen LogP contribution >= 0.6 is 70.2 Å². The van der Waals surface area contributed by atoms with Gasteiger partial charge in [0.2, 0.25) is 0 Å².